The van der Waals surface area contributed by atoms with Crippen molar-refractivity contribution in [2.24, 2.45) is 7.05 Å². The maximum atomic E-state index is 9.75. The zero-order valence-electron chi connectivity index (χ0n) is 10.5. The minimum atomic E-state index is -6.00. The molecule has 0 saturated carbocycles. The van der Waals surface area contributed by atoms with Gasteiger partial charge < -0.3 is 26.6 Å². The van der Waals surface area contributed by atoms with Gasteiger partial charge in [0.15, 0.2) is 0 Å². The largest absolute Gasteiger partial charge is 1.00 e. The highest BCUT2D eigenvalue weighted by atomic mass is 19.5. The van der Waals surface area contributed by atoms with Gasteiger partial charge >= 0.3 is 8.68 Å². The average Bonchev–Trinajstić information content (AvgIpc) is 2.55. The summed E-state index contributed by atoms with van der Waals surface area (Å²) >= 11 is 0. The lowest BCUT2D eigenvalue weighted by Gasteiger charge is -1.94. The molecule has 1 heterocycles. The zero-order valence-corrected chi connectivity index (χ0v) is 9.54. The minimum Gasteiger partial charge on any atom is -0.418 e. The van der Waals surface area contributed by atoms with Gasteiger partial charge in [0.1, 0.15) is 0 Å². The van der Waals surface area contributed by atoms with Gasteiger partial charge in [-0.2, -0.15) is 0 Å². The van der Waals surface area contributed by atoms with Crippen molar-refractivity contribution in [1.29, 1.82) is 0 Å². The molecule has 0 spiro atoms. The highest BCUT2D eigenvalue weighted by Gasteiger charge is 2.20. The van der Waals surface area contributed by atoms with Gasteiger partial charge in [-0.1, -0.05) is 0 Å². The lowest BCUT2D eigenvalue weighted by molar-refractivity contribution is 0.162. The number of nitrogens with zero attached hydrogens (tertiary/aromatic N) is 2. The van der Waals surface area contributed by atoms with E-state index in [0.29, 0.717) is 0 Å². The lowest BCUT2D eigenvalue weighted by atomic mass is 10.3. The van der Waals surface area contributed by atoms with Crippen LogP contribution in [0.3, 0.4) is 0 Å². The first-order valence-corrected chi connectivity index (χ1v) is 4.68. The summed E-state index contributed by atoms with van der Waals surface area (Å²) in [5, 5.41) is 0. The third-order valence-corrected chi connectivity index (χ3v) is 1.04. The molecular weight excluding hydrogens is 227 g/mol. The summed E-state index contributed by atoms with van der Waals surface area (Å²) in [7, 11) is -4.06. The Hall–Kier alpha value is -1.05. The van der Waals surface area contributed by atoms with Crippen LogP contribution in [-0.2, 0) is 11.8 Å². The van der Waals surface area contributed by atoms with Crippen LogP contribution in [0.2, 0.25) is 0 Å². The van der Waals surface area contributed by atoms with Crippen molar-refractivity contribution in [3.63, 3.8) is 0 Å². The summed E-state index contributed by atoms with van der Waals surface area (Å²) in [5.74, 6) is 0. The van der Waals surface area contributed by atoms with E-state index in [2.05, 4.69) is 4.98 Å². The summed E-state index contributed by atoms with van der Waals surface area (Å²) in [6.07, 6.45) is 5.39. The SMILES string of the molecule is CCOCC.Cn1ccnc1.F[B-](F)(F)F.[H+]. The summed E-state index contributed by atoms with van der Waals surface area (Å²) in [6, 6.07) is 0. The Bertz CT molecular complexity index is 226. The van der Waals surface area contributed by atoms with Gasteiger partial charge in [-0.3, -0.25) is 0 Å². The van der Waals surface area contributed by atoms with Crippen molar-refractivity contribution >= 4 is 7.25 Å². The molecule has 96 valence electrons. The predicted octanol–water partition coefficient (Wildman–Crippen LogP) is 2.88. The van der Waals surface area contributed by atoms with Crippen molar-refractivity contribution in [2.45, 2.75) is 13.8 Å². The first-order valence-electron chi connectivity index (χ1n) is 4.68. The van der Waals surface area contributed by atoms with Crippen LogP contribution < -0.4 is 0 Å². The molecule has 0 aliphatic heterocycles. The second-order valence-electron chi connectivity index (χ2n) is 2.50. The molecule has 8 heteroatoms. The van der Waals surface area contributed by atoms with Crippen molar-refractivity contribution < 1.29 is 23.4 Å². The molecule has 0 bridgehead atoms. The number of aryl methyl sites for hydroxylation is 1. The molecule has 3 nitrogen and oxygen atoms in total. The molecule has 0 N–H and O–H groups in total. The molecule has 0 radical (unpaired) electrons. The smallest absolute Gasteiger partial charge is 0.418 e. The van der Waals surface area contributed by atoms with E-state index in [1.807, 2.05) is 31.7 Å². The zero-order chi connectivity index (χ0) is 13.0. The number of hydrogen-bond donors (Lipinski definition) is 0. The first-order chi connectivity index (χ1) is 7.31. The third-order valence-electron chi connectivity index (χ3n) is 1.04. The van der Waals surface area contributed by atoms with Crippen molar-refractivity contribution in [2.75, 3.05) is 13.2 Å². The van der Waals surface area contributed by atoms with Gasteiger partial charge in [0.25, 0.3) is 0 Å². The van der Waals surface area contributed by atoms with Gasteiger partial charge in [-0.05, 0) is 13.8 Å². The molecular formula is C8H17BF4N2O. The summed E-state index contributed by atoms with van der Waals surface area (Å²) < 4.78 is 45.7. The molecule has 0 atom stereocenters. The Labute approximate surface area is 94.0 Å². The van der Waals surface area contributed by atoms with Gasteiger partial charge in [0.2, 0.25) is 0 Å². The molecule has 0 fully saturated rings. The molecule has 0 aromatic carbocycles. The molecule has 0 aliphatic rings. The summed E-state index contributed by atoms with van der Waals surface area (Å²) in [4.78, 5) is 3.78. The van der Waals surface area contributed by atoms with Crippen molar-refractivity contribution in [1.82, 2.24) is 9.55 Å². The fourth-order valence-corrected chi connectivity index (χ4v) is 0.530. The first kappa shape index (κ1) is 17.4. The number of halogens is 4. The van der Waals surface area contributed by atoms with Crippen molar-refractivity contribution in [3.05, 3.63) is 18.7 Å². The quantitative estimate of drug-likeness (QED) is 0.590. The van der Waals surface area contributed by atoms with Crippen LogP contribution in [0.4, 0.5) is 17.3 Å². The molecule has 1 aromatic heterocycles. The van der Waals surface area contributed by atoms with Crippen LogP contribution in [0.15, 0.2) is 18.7 Å². The molecule has 0 aliphatic carbocycles. The highest BCUT2D eigenvalue weighted by molar-refractivity contribution is 6.50. The lowest BCUT2D eigenvalue weighted by Crippen LogP contribution is -2.02. The highest BCUT2D eigenvalue weighted by Crippen LogP contribution is 2.06. The fraction of sp³-hybridized carbons (Fsp3) is 0.625. The molecule has 0 unspecified atom stereocenters. The topological polar surface area (TPSA) is 27.1 Å². The van der Waals surface area contributed by atoms with E-state index in [9.17, 15) is 17.3 Å². The molecule has 1 rings (SSSR count). The molecule has 1 aromatic rings. The normalized spacial score (nSPS) is 9.69. The van der Waals surface area contributed by atoms with Gasteiger partial charge in [0, 0.05) is 32.7 Å². The van der Waals surface area contributed by atoms with E-state index < -0.39 is 7.25 Å². The molecule has 0 saturated heterocycles. The van der Waals surface area contributed by atoms with E-state index in [4.69, 9.17) is 4.74 Å². The minimum absolute atomic E-state index is 0. The molecule has 0 amide bonds. The van der Waals surface area contributed by atoms with Crippen LogP contribution >= 0.6 is 0 Å². The predicted molar refractivity (Wildman–Crippen MR) is 56.7 cm³/mol. The number of aromatic nitrogens is 2. The van der Waals surface area contributed by atoms with E-state index in [-0.39, 0.29) is 1.43 Å². The maximum Gasteiger partial charge on any atom is 1.00 e. The Morgan fingerprint density at radius 1 is 1.25 bits per heavy atom. The number of ether oxygens (including phenoxy) is 1. The van der Waals surface area contributed by atoms with E-state index in [1.54, 1.807) is 12.5 Å². The van der Waals surface area contributed by atoms with Crippen molar-refractivity contribution in [3.8, 4) is 0 Å². The second kappa shape index (κ2) is 10.5. The van der Waals surface area contributed by atoms with Gasteiger partial charge in [0.05, 0.1) is 6.33 Å². The number of imidazole rings is 1. The standard InChI is InChI=1S/C4H6N2.C4H10O.BF4/c1-6-3-2-5-4-6;1-3-5-4-2;2-1(3,4)5/h2-4H,1H3;3-4H2,1-2H3;/q;;-1/p+1. The van der Waals surface area contributed by atoms with Gasteiger partial charge in [-0.15, -0.1) is 0 Å². The van der Waals surface area contributed by atoms with Crippen LogP contribution in [0.5, 0.6) is 0 Å². The monoisotopic (exact) mass is 244 g/mol. The Morgan fingerprint density at radius 3 is 1.75 bits per heavy atom. The summed E-state index contributed by atoms with van der Waals surface area (Å²) in [5.41, 5.74) is 0. The van der Waals surface area contributed by atoms with Crippen LogP contribution in [0.25, 0.3) is 0 Å². The van der Waals surface area contributed by atoms with Crippen LogP contribution in [-0.4, -0.2) is 30.0 Å². The van der Waals surface area contributed by atoms with E-state index in [0.717, 1.165) is 13.2 Å². The Kier molecular flexibility index (Phi) is 11.4. The van der Waals surface area contributed by atoms with Crippen LogP contribution in [0, 0.1) is 0 Å². The fourth-order valence-electron chi connectivity index (χ4n) is 0.530. The maximum absolute atomic E-state index is 9.75. The third kappa shape index (κ3) is 29.3. The number of rotatable bonds is 2. The Morgan fingerprint density at radius 2 is 1.69 bits per heavy atom. The Balaban J connectivity index is -0.000000170. The summed E-state index contributed by atoms with van der Waals surface area (Å²) in [6.45, 7) is 5.67. The van der Waals surface area contributed by atoms with E-state index >= 15 is 0 Å². The second-order valence-corrected chi connectivity index (χ2v) is 2.50. The average molecular weight is 244 g/mol. The van der Waals surface area contributed by atoms with E-state index in [1.165, 1.54) is 0 Å². The molecule has 16 heavy (non-hydrogen) atoms. The number of hydrogen-bond acceptors (Lipinski definition) is 2. The van der Waals surface area contributed by atoms with Gasteiger partial charge in [-0.25, -0.2) is 4.98 Å². The van der Waals surface area contributed by atoms with Crippen LogP contribution in [0.1, 0.15) is 15.3 Å².